The molecule has 0 aliphatic heterocycles. The summed E-state index contributed by atoms with van der Waals surface area (Å²) in [6.45, 7) is 2.49. The van der Waals surface area contributed by atoms with E-state index in [9.17, 15) is 9.59 Å². The van der Waals surface area contributed by atoms with Crippen LogP contribution < -0.4 is 11.1 Å². The van der Waals surface area contributed by atoms with E-state index in [1.807, 2.05) is 6.92 Å². The minimum absolute atomic E-state index is 0.0815. The van der Waals surface area contributed by atoms with E-state index in [0.717, 1.165) is 0 Å². The minimum Gasteiger partial charge on any atom is -0.370 e. The summed E-state index contributed by atoms with van der Waals surface area (Å²) >= 11 is 0. The zero-order valence-corrected chi connectivity index (χ0v) is 7.30. The summed E-state index contributed by atoms with van der Waals surface area (Å²) in [5.74, 6) is -0.402. The summed E-state index contributed by atoms with van der Waals surface area (Å²) < 4.78 is 0. The van der Waals surface area contributed by atoms with Gasteiger partial charge in [-0.2, -0.15) is 0 Å². The maximum absolute atomic E-state index is 10.8. The highest BCUT2D eigenvalue weighted by molar-refractivity contribution is 5.84. The molecule has 3 N–H and O–H groups in total. The number of hydrogen-bond donors (Lipinski definition) is 2. The Bertz CT molecular complexity index is 157. The summed E-state index contributed by atoms with van der Waals surface area (Å²) in [4.78, 5) is 21.1. The van der Waals surface area contributed by atoms with Gasteiger partial charge in [-0.3, -0.25) is 9.59 Å². The lowest BCUT2D eigenvalue weighted by atomic mass is 10.2. The molecule has 12 heavy (non-hydrogen) atoms. The first-order valence-electron chi connectivity index (χ1n) is 4.06. The van der Waals surface area contributed by atoms with Crippen LogP contribution >= 0.6 is 0 Å². The molecule has 1 radical (unpaired) electrons. The molecule has 0 aliphatic rings. The summed E-state index contributed by atoms with van der Waals surface area (Å²) in [7, 11) is 0. The molecule has 0 fully saturated rings. The summed E-state index contributed by atoms with van der Waals surface area (Å²) in [6.07, 6.45) is 3.13. The topological polar surface area (TPSA) is 72.2 Å². The van der Waals surface area contributed by atoms with Crippen molar-refractivity contribution in [2.45, 2.75) is 26.2 Å². The molecular formula is C8H15N2O2. The molecule has 0 heterocycles. The fraction of sp³-hybridized carbons (Fsp3) is 0.625. The Morgan fingerprint density at radius 2 is 2.17 bits per heavy atom. The maximum Gasteiger partial charge on any atom is 0.223 e. The molecular weight excluding hydrogens is 156 g/mol. The third kappa shape index (κ3) is 7.05. The third-order valence-corrected chi connectivity index (χ3v) is 1.31. The number of amides is 2. The van der Waals surface area contributed by atoms with Crippen LogP contribution in [0.15, 0.2) is 0 Å². The molecule has 0 rings (SSSR count). The molecule has 0 saturated heterocycles. The van der Waals surface area contributed by atoms with Crippen molar-refractivity contribution in [3.63, 3.8) is 0 Å². The standard InChI is InChI=1S/C8H15N2O2/c1-2-10-8(12)6-4-3-5-7(9)11/h6H,2-5H2,1H3,(H2,9,11)(H,10,12). The Kier molecular flexibility index (Phi) is 6.05. The van der Waals surface area contributed by atoms with Gasteiger partial charge in [0.2, 0.25) is 11.8 Å². The van der Waals surface area contributed by atoms with E-state index in [-0.39, 0.29) is 11.8 Å². The highest BCUT2D eigenvalue weighted by Crippen LogP contribution is 1.97. The van der Waals surface area contributed by atoms with E-state index in [1.54, 1.807) is 0 Å². The Morgan fingerprint density at radius 3 is 2.67 bits per heavy atom. The highest BCUT2D eigenvalue weighted by atomic mass is 16.1. The molecule has 4 nitrogen and oxygen atoms in total. The molecule has 4 heteroatoms. The van der Waals surface area contributed by atoms with Crippen molar-refractivity contribution in [3.8, 4) is 0 Å². The number of nitrogens with one attached hydrogen (secondary N) is 1. The minimum atomic E-state index is -0.320. The van der Waals surface area contributed by atoms with Gasteiger partial charge in [-0.25, -0.2) is 0 Å². The second-order valence-electron chi connectivity index (χ2n) is 2.46. The molecule has 0 saturated carbocycles. The van der Waals surface area contributed by atoms with E-state index < -0.39 is 0 Å². The van der Waals surface area contributed by atoms with Gasteiger partial charge >= 0.3 is 0 Å². The van der Waals surface area contributed by atoms with Crippen LogP contribution in [0.4, 0.5) is 0 Å². The first-order valence-corrected chi connectivity index (χ1v) is 4.06. The van der Waals surface area contributed by atoms with E-state index in [1.165, 1.54) is 6.42 Å². The molecule has 69 valence electrons. The number of primary amides is 1. The predicted octanol–water partition coefficient (Wildman–Crippen LogP) is -0.0176. The van der Waals surface area contributed by atoms with Crippen LogP contribution in [0.3, 0.4) is 0 Å². The van der Waals surface area contributed by atoms with Crippen molar-refractivity contribution >= 4 is 11.8 Å². The summed E-state index contributed by atoms with van der Waals surface area (Å²) in [6, 6.07) is 0. The number of carbonyl (C=O) groups is 2. The van der Waals surface area contributed by atoms with E-state index in [0.29, 0.717) is 25.8 Å². The molecule has 0 atom stereocenters. The molecule has 0 aromatic heterocycles. The molecule has 0 aliphatic carbocycles. The maximum atomic E-state index is 10.8. The van der Waals surface area contributed by atoms with Crippen LogP contribution in [-0.2, 0) is 9.59 Å². The van der Waals surface area contributed by atoms with Crippen molar-refractivity contribution in [2.24, 2.45) is 5.73 Å². The second kappa shape index (κ2) is 6.64. The first kappa shape index (κ1) is 10.9. The molecule has 2 amide bonds. The van der Waals surface area contributed by atoms with Crippen molar-refractivity contribution < 1.29 is 9.59 Å². The van der Waals surface area contributed by atoms with Crippen molar-refractivity contribution in [1.29, 1.82) is 0 Å². The summed E-state index contributed by atoms with van der Waals surface area (Å²) in [5, 5.41) is 2.62. The van der Waals surface area contributed by atoms with Crippen LogP contribution in [0.1, 0.15) is 26.2 Å². The molecule has 0 aromatic rings. The van der Waals surface area contributed by atoms with Crippen LogP contribution in [0.2, 0.25) is 0 Å². The van der Waals surface area contributed by atoms with Crippen LogP contribution in [0.5, 0.6) is 0 Å². The number of carbonyl (C=O) groups excluding carboxylic acids is 2. The van der Waals surface area contributed by atoms with E-state index in [4.69, 9.17) is 5.73 Å². The average molecular weight is 171 g/mol. The van der Waals surface area contributed by atoms with E-state index in [2.05, 4.69) is 5.32 Å². The van der Waals surface area contributed by atoms with Crippen molar-refractivity contribution in [2.75, 3.05) is 6.54 Å². The van der Waals surface area contributed by atoms with Gasteiger partial charge in [-0.05, 0) is 19.8 Å². The molecule has 0 unspecified atom stereocenters. The van der Waals surface area contributed by atoms with Gasteiger partial charge in [0.05, 0.1) is 0 Å². The average Bonchev–Trinajstić information content (AvgIpc) is 1.98. The zero-order chi connectivity index (χ0) is 9.40. The Labute approximate surface area is 72.5 Å². The highest BCUT2D eigenvalue weighted by Gasteiger charge is 2.00. The van der Waals surface area contributed by atoms with Gasteiger partial charge in [-0.1, -0.05) is 0 Å². The number of rotatable bonds is 6. The number of hydrogen-bond acceptors (Lipinski definition) is 2. The number of nitrogens with two attached hydrogens (primary N) is 1. The largest absolute Gasteiger partial charge is 0.370 e. The fourth-order valence-electron chi connectivity index (χ4n) is 0.756. The van der Waals surface area contributed by atoms with Gasteiger partial charge in [0, 0.05) is 19.4 Å². The quantitative estimate of drug-likeness (QED) is 0.551. The Hall–Kier alpha value is -1.06. The normalized spacial score (nSPS) is 9.42. The predicted molar refractivity (Wildman–Crippen MR) is 46.0 cm³/mol. The molecule has 0 spiro atoms. The van der Waals surface area contributed by atoms with Crippen LogP contribution in [0, 0.1) is 6.42 Å². The van der Waals surface area contributed by atoms with Crippen molar-refractivity contribution in [1.82, 2.24) is 5.32 Å². The Balaban J connectivity index is 3.19. The monoisotopic (exact) mass is 171 g/mol. The lowest BCUT2D eigenvalue weighted by molar-refractivity contribution is -0.119. The van der Waals surface area contributed by atoms with Crippen LogP contribution in [-0.4, -0.2) is 18.4 Å². The van der Waals surface area contributed by atoms with Gasteiger partial charge < -0.3 is 11.1 Å². The van der Waals surface area contributed by atoms with Gasteiger partial charge in [0.15, 0.2) is 0 Å². The lowest BCUT2D eigenvalue weighted by Gasteiger charge is -1.99. The SMILES string of the molecule is CCNC(=O)[CH]CCCC(N)=O. The fourth-order valence-corrected chi connectivity index (χ4v) is 0.756. The zero-order valence-electron chi connectivity index (χ0n) is 7.30. The smallest absolute Gasteiger partial charge is 0.223 e. The molecule has 0 aromatic carbocycles. The van der Waals surface area contributed by atoms with Crippen molar-refractivity contribution in [3.05, 3.63) is 6.42 Å². The van der Waals surface area contributed by atoms with Gasteiger partial charge in [-0.15, -0.1) is 0 Å². The molecule has 0 bridgehead atoms. The third-order valence-electron chi connectivity index (χ3n) is 1.31. The van der Waals surface area contributed by atoms with Crippen LogP contribution in [0.25, 0.3) is 0 Å². The van der Waals surface area contributed by atoms with E-state index >= 15 is 0 Å². The van der Waals surface area contributed by atoms with Gasteiger partial charge in [0.25, 0.3) is 0 Å². The Morgan fingerprint density at radius 1 is 1.50 bits per heavy atom. The second-order valence-corrected chi connectivity index (χ2v) is 2.46. The first-order chi connectivity index (χ1) is 5.66. The number of unbranched alkanes of at least 4 members (excludes halogenated alkanes) is 1. The lowest BCUT2D eigenvalue weighted by Crippen LogP contribution is -2.22. The van der Waals surface area contributed by atoms with Gasteiger partial charge in [0.1, 0.15) is 0 Å². The summed E-state index contributed by atoms with van der Waals surface area (Å²) in [5.41, 5.74) is 4.91.